The summed E-state index contributed by atoms with van der Waals surface area (Å²) < 4.78 is 0. The quantitative estimate of drug-likeness (QED) is 0.749. The Labute approximate surface area is 175 Å². The highest BCUT2D eigenvalue weighted by atomic mass is 16.2. The summed E-state index contributed by atoms with van der Waals surface area (Å²) in [5.74, 6) is -0.899. The van der Waals surface area contributed by atoms with Gasteiger partial charge in [-0.2, -0.15) is 5.01 Å². The molecule has 2 N–H and O–H groups in total. The van der Waals surface area contributed by atoms with Crippen LogP contribution in [0.25, 0.3) is 5.57 Å². The molecule has 0 unspecified atom stereocenters. The molecule has 0 aromatic heterocycles. The van der Waals surface area contributed by atoms with Gasteiger partial charge >= 0.3 is 6.03 Å². The molecule has 0 saturated carbocycles. The third-order valence-corrected chi connectivity index (χ3v) is 5.58. The predicted molar refractivity (Wildman–Crippen MR) is 113 cm³/mol. The second-order valence-electron chi connectivity index (χ2n) is 7.68. The van der Waals surface area contributed by atoms with Gasteiger partial charge in [0.25, 0.3) is 11.8 Å². The number of benzene rings is 2. The Morgan fingerprint density at radius 2 is 1.73 bits per heavy atom. The Hall–Kier alpha value is -3.45. The summed E-state index contributed by atoms with van der Waals surface area (Å²) in [4.78, 5) is 39.7. The number of nitrogens with one attached hydrogen (secondary N) is 2. The number of carbonyl (C=O) groups excluding carboxylic acids is 3. The molecule has 7 heteroatoms. The lowest BCUT2D eigenvalue weighted by Gasteiger charge is -2.26. The first-order valence-corrected chi connectivity index (χ1v) is 9.96. The van der Waals surface area contributed by atoms with Gasteiger partial charge in [0.05, 0.1) is 6.54 Å². The summed E-state index contributed by atoms with van der Waals surface area (Å²) in [6.07, 6.45) is 2.96. The van der Waals surface area contributed by atoms with Gasteiger partial charge in [0.15, 0.2) is 0 Å². The first kappa shape index (κ1) is 19.8. The smallest absolute Gasteiger partial charge is 0.318 e. The zero-order chi connectivity index (χ0) is 21.1. The van der Waals surface area contributed by atoms with E-state index in [4.69, 9.17) is 0 Å². The second-order valence-corrected chi connectivity index (χ2v) is 7.68. The molecular formula is C23H24N4O3. The molecule has 0 bridgehead atoms. The van der Waals surface area contributed by atoms with Crippen molar-refractivity contribution in [1.29, 1.82) is 0 Å². The summed E-state index contributed by atoms with van der Waals surface area (Å²) >= 11 is 0. The van der Waals surface area contributed by atoms with Crippen LogP contribution >= 0.6 is 0 Å². The maximum atomic E-state index is 12.9. The molecule has 1 atom stereocenters. The third-order valence-electron chi connectivity index (χ3n) is 5.58. The van der Waals surface area contributed by atoms with Crippen molar-refractivity contribution in [3.8, 4) is 0 Å². The first-order chi connectivity index (χ1) is 14.5. The van der Waals surface area contributed by atoms with E-state index < -0.39 is 23.4 Å². The van der Waals surface area contributed by atoms with E-state index in [0.717, 1.165) is 18.0 Å². The van der Waals surface area contributed by atoms with Crippen LogP contribution in [-0.4, -0.2) is 47.4 Å². The third kappa shape index (κ3) is 3.84. The van der Waals surface area contributed by atoms with Crippen molar-refractivity contribution in [3.63, 3.8) is 0 Å². The van der Waals surface area contributed by atoms with Gasteiger partial charge in [-0.05, 0) is 30.0 Å². The molecule has 2 aliphatic heterocycles. The fraction of sp³-hybridized carbons (Fsp3) is 0.261. The topological polar surface area (TPSA) is 81.8 Å². The van der Waals surface area contributed by atoms with Crippen LogP contribution in [0.2, 0.25) is 0 Å². The van der Waals surface area contributed by atoms with Crippen LogP contribution in [0.1, 0.15) is 24.5 Å². The van der Waals surface area contributed by atoms with Crippen LogP contribution < -0.4 is 10.7 Å². The highest BCUT2D eigenvalue weighted by Gasteiger charge is 2.50. The Bertz CT molecular complexity index is 990. The van der Waals surface area contributed by atoms with Crippen LogP contribution in [0.15, 0.2) is 66.7 Å². The molecule has 2 heterocycles. The summed E-state index contributed by atoms with van der Waals surface area (Å²) in [6.45, 7) is 3.11. The van der Waals surface area contributed by atoms with Crippen LogP contribution in [0.5, 0.6) is 0 Å². The van der Waals surface area contributed by atoms with Crippen molar-refractivity contribution in [3.05, 3.63) is 77.9 Å². The molecule has 0 spiro atoms. The monoisotopic (exact) mass is 404 g/mol. The molecule has 7 nitrogen and oxygen atoms in total. The lowest BCUT2D eigenvalue weighted by Crippen LogP contribution is -2.51. The van der Waals surface area contributed by atoms with Crippen molar-refractivity contribution in [2.75, 3.05) is 19.6 Å². The van der Waals surface area contributed by atoms with Crippen LogP contribution in [0.3, 0.4) is 0 Å². The zero-order valence-electron chi connectivity index (χ0n) is 16.8. The van der Waals surface area contributed by atoms with Crippen LogP contribution in [0, 0.1) is 0 Å². The number of hydrazine groups is 1. The molecule has 2 aromatic carbocycles. The molecule has 30 heavy (non-hydrogen) atoms. The highest BCUT2D eigenvalue weighted by molar-refractivity contribution is 6.08. The molecule has 4 rings (SSSR count). The Kier molecular flexibility index (Phi) is 5.37. The highest BCUT2D eigenvalue weighted by Crippen LogP contribution is 2.27. The Balaban J connectivity index is 1.36. The first-order valence-electron chi connectivity index (χ1n) is 9.96. The van der Waals surface area contributed by atoms with Crippen LogP contribution in [0.4, 0.5) is 4.79 Å². The molecule has 0 radical (unpaired) electrons. The Morgan fingerprint density at radius 3 is 2.37 bits per heavy atom. The van der Waals surface area contributed by atoms with Gasteiger partial charge in [-0.1, -0.05) is 66.7 Å². The number of hydrogen-bond donors (Lipinski definition) is 2. The summed E-state index contributed by atoms with van der Waals surface area (Å²) in [7, 11) is 0. The van der Waals surface area contributed by atoms with E-state index in [1.807, 2.05) is 29.2 Å². The maximum Gasteiger partial charge on any atom is 0.344 e. The minimum absolute atomic E-state index is 0.109. The number of carbonyl (C=O) groups is 3. The van der Waals surface area contributed by atoms with Crippen molar-refractivity contribution < 1.29 is 14.4 Å². The normalized spacial score (nSPS) is 21.9. The predicted octanol–water partition coefficient (Wildman–Crippen LogP) is 2.27. The second kappa shape index (κ2) is 8.12. The van der Waals surface area contributed by atoms with Crippen molar-refractivity contribution >= 4 is 23.4 Å². The van der Waals surface area contributed by atoms with Gasteiger partial charge in [0.2, 0.25) is 0 Å². The standard InChI is InChI=1S/C23H24N4O3/c1-23(19-10-6-3-7-11-19)21(29)27(22(30)24-23)25-20(28)16-26-14-12-18(13-15-26)17-8-4-2-5-9-17/h2-12H,13-16H2,1H3,(H,24,30)(H,25,28)/t23-/m0/s1. The van der Waals surface area contributed by atoms with Gasteiger partial charge in [-0.15, -0.1) is 0 Å². The Morgan fingerprint density at radius 1 is 1.07 bits per heavy atom. The number of rotatable bonds is 5. The van der Waals surface area contributed by atoms with E-state index in [9.17, 15) is 14.4 Å². The van der Waals surface area contributed by atoms with Crippen molar-refractivity contribution in [1.82, 2.24) is 20.7 Å². The minimum Gasteiger partial charge on any atom is -0.318 e. The fourth-order valence-electron chi connectivity index (χ4n) is 3.84. The number of hydrogen-bond acceptors (Lipinski definition) is 4. The molecule has 154 valence electrons. The number of urea groups is 1. The molecule has 1 fully saturated rings. The van der Waals surface area contributed by atoms with Gasteiger partial charge in [0, 0.05) is 13.1 Å². The summed E-state index contributed by atoms with van der Waals surface area (Å²) in [5, 5.41) is 3.46. The molecule has 0 aliphatic carbocycles. The van der Waals surface area contributed by atoms with E-state index in [1.165, 1.54) is 11.1 Å². The van der Waals surface area contributed by atoms with E-state index >= 15 is 0 Å². The number of amides is 4. The van der Waals surface area contributed by atoms with Crippen molar-refractivity contribution in [2.45, 2.75) is 18.9 Å². The van der Waals surface area contributed by atoms with E-state index in [1.54, 1.807) is 31.2 Å². The average molecular weight is 404 g/mol. The lowest BCUT2D eigenvalue weighted by atomic mass is 9.92. The number of imide groups is 1. The van der Waals surface area contributed by atoms with Gasteiger partial charge < -0.3 is 5.32 Å². The maximum absolute atomic E-state index is 12.9. The van der Waals surface area contributed by atoms with Gasteiger partial charge in [0.1, 0.15) is 5.54 Å². The molecule has 2 aliphatic rings. The summed E-state index contributed by atoms with van der Waals surface area (Å²) in [5.41, 5.74) is 4.38. The minimum atomic E-state index is -1.20. The summed E-state index contributed by atoms with van der Waals surface area (Å²) in [6, 6.07) is 18.5. The van der Waals surface area contributed by atoms with Gasteiger partial charge in [-0.3, -0.25) is 19.9 Å². The molecule has 2 aromatic rings. The molecule has 1 saturated heterocycles. The zero-order valence-corrected chi connectivity index (χ0v) is 16.8. The van der Waals surface area contributed by atoms with Gasteiger partial charge in [-0.25, -0.2) is 4.79 Å². The molecular weight excluding hydrogens is 380 g/mol. The van der Waals surface area contributed by atoms with Crippen molar-refractivity contribution in [2.24, 2.45) is 0 Å². The average Bonchev–Trinajstić information content (AvgIpc) is 2.99. The van der Waals surface area contributed by atoms with Crippen LogP contribution in [-0.2, 0) is 15.1 Å². The van der Waals surface area contributed by atoms with E-state index in [0.29, 0.717) is 12.1 Å². The lowest BCUT2D eigenvalue weighted by molar-refractivity contribution is -0.139. The SMILES string of the molecule is C[C@@]1(c2ccccc2)NC(=O)N(NC(=O)CN2CC=C(c3ccccc3)CC2)C1=O. The fourth-order valence-corrected chi connectivity index (χ4v) is 3.84. The number of nitrogens with zero attached hydrogens (tertiary/aromatic N) is 2. The van der Waals surface area contributed by atoms with E-state index in [2.05, 4.69) is 29.0 Å². The van der Waals surface area contributed by atoms with E-state index in [-0.39, 0.29) is 6.54 Å². The molecule has 4 amide bonds. The largest absolute Gasteiger partial charge is 0.344 e.